The van der Waals surface area contributed by atoms with Gasteiger partial charge in [-0.1, -0.05) is 13.3 Å². The van der Waals surface area contributed by atoms with Crippen molar-refractivity contribution in [3.8, 4) is 5.75 Å². The maximum atomic E-state index is 13.8. The Morgan fingerprint density at radius 2 is 1.27 bits per heavy atom. The SMILES string of the molecule is CCCc1cc(F)c(OCc2cc(F)c(F)c(F)c2)c(F)c1. The van der Waals surface area contributed by atoms with Crippen LogP contribution in [0.25, 0.3) is 0 Å². The highest BCUT2D eigenvalue weighted by Crippen LogP contribution is 2.25. The van der Waals surface area contributed by atoms with Gasteiger partial charge in [0, 0.05) is 0 Å². The van der Waals surface area contributed by atoms with Gasteiger partial charge in [-0.25, -0.2) is 22.0 Å². The summed E-state index contributed by atoms with van der Waals surface area (Å²) in [5.41, 5.74) is 0.413. The molecule has 0 bridgehead atoms. The van der Waals surface area contributed by atoms with E-state index in [9.17, 15) is 22.0 Å². The summed E-state index contributed by atoms with van der Waals surface area (Å²) < 4.78 is 71.4. The van der Waals surface area contributed by atoms with Crippen molar-refractivity contribution in [2.75, 3.05) is 0 Å². The summed E-state index contributed by atoms with van der Waals surface area (Å²) in [6, 6.07) is 3.71. The molecular weight excluding hydrogens is 303 g/mol. The molecule has 2 aromatic rings. The van der Waals surface area contributed by atoms with Crippen LogP contribution in [0.4, 0.5) is 22.0 Å². The normalized spacial score (nSPS) is 10.8. The molecule has 1 nitrogen and oxygen atoms in total. The number of rotatable bonds is 5. The molecule has 0 radical (unpaired) electrons. The zero-order chi connectivity index (χ0) is 16.3. The lowest BCUT2D eigenvalue weighted by atomic mass is 10.1. The highest BCUT2D eigenvalue weighted by molar-refractivity contribution is 5.32. The molecule has 0 unspecified atom stereocenters. The number of aryl methyl sites for hydroxylation is 1. The van der Waals surface area contributed by atoms with Crippen molar-refractivity contribution in [1.29, 1.82) is 0 Å². The summed E-state index contributed by atoms with van der Waals surface area (Å²) in [5, 5.41) is 0. The van der Waals surface area contributed by atoms with Gasteiger partial charge in [0.05, 0.1) is 0 Å². The van der Waals surface area contributed by atoms with Crippen molar-refractivity contribution in [3.63, 3.8) is 0 Å². The van der Waals surface area contributed by atoms with Crippen LogP contribution in [0.1, 0.15) is 24.5 Å². The van der Waals surface area contributed by atoms with Crippen LogP contribution in [0.5, 0.6) is 5.75 Å². The smallest absolute Gasteiger partial charge is 0.194 e. The van der Waals surface area contributed by atoms with Crippen molar-refractivity contribution >= 4 is 0 Å². The molecule has 0 aliphatic heterocycles. The van der Waals surface area contributed by atoms with Gasteiger partial charge in [-0.05, 0) is 41.8 Å². The zero-order valence-corrected chi connectivity index (χ0v) is 11.7. The van der Waals surface area contributed by atoms with E-state index in [0.29, 0.717) is 24.1 Å². The first-order chi connectivity index (χ1) is 10.4. The largest absolute Gasteiger partial charge is 0.483 e. The van der Waals surface area contributed by atoms with Crippen LogP contribution in [0.15, 0.2) is 24.3 Å². The summed E-state index contributed by atoms with van der Waals surface area (Å²) in [5.74, 6) is -6.82. The van der Waals surface area contributed by atoms with E-state index in [2.05, 4.69) is 0 Å². The lowest BCUT2D eigenvalue weighted by Crippen LogP contribution is -2.03. The van der Waals surface area contributed by atoms with Crippen LogP contribution < -0.4 is 4.74 Å². The molecule has 6 heteroatoms. The molecule has 0 fully saturated rings. The zero-order valence-electron chi connectivity index (χ0n) is 11.7. The first-order valence-electron chi connectivity index (χ1n) is 6.66. The van der Waals surface area contributed by atoms with Gasteiger partial charge in [0.15, 0.2) is 34.8 Å². The second-order valence-corrected chi connectivity index (χ2v) is 4.80. The molecule has 0 aliphatic carbocycles. The molecule has 22 heavy (non-hydrogen) atoms. The number of benzene rings is 2. The van der Waals surface area contributed by atoms with Crippen molar-refractivity contribution < 1.29 is 26.7 Å². The Labute approximate surface area is 124 Å². The summed E-state index contributed by atoms with van der Waals surface area (Å²) in [7, 11) is 0. The lowest BCUT2D eigenvalue weighted by Gasteiger charge is -2.10. The fourth-order valence-electron chi connectivity index (χ4n) is 2.03. The van der Waals surface area contributed by atoms with Gasteiger partial charge >= 0.3 is 0 Å². The molecule has 118 valence electrons. The van der Waals surface area contributed by atoms with Crippen molar-refractivity contribution in [2.24, 2.45) is 0 Å². The molecule has 0 aromatic heterocycles. The summed E-state index contributed by atoms with van der Waals surface area (Å²) in [6.45, 7) is 1.38. The van der Waals surface area contributed by atoms with E-state index in [1.165, 1.54) is 0 Å². The lowest BCUT2D eigenvalue weighted by molar-refractivity contribution is 0.272. The maximum Gasteiger partial charge on any atom is 0.194 e. The molecule has 0 N–H and O–H groups in total. The third-order valence-corrected chi connectivity index (χ3v) is 3.02. The molecule has 2 aromatic carbocycles. The Morgan fingerprint density at radius 1 is 0.773 bits per heavy atom. The minimum atomic E-state index is -1.61. The Morgan fingerprint density at radius 3 is 1.77 bits per heavy atom. The van der Waals surface area contributed by atoms with E-state index < -0.39 is 41.4 Å². The number of hydrogen-bond donors (Lipinski definition) is 0. The summed E-state index contributed by atoms with van der Waals surface area (Å²) in [4.78, 5) is 0. The molecule has 2 rings (SSSR count). The van der Waals surface area contributed by atoms with Gasteiger partial charge < -0.3 is 4.74 Å². The van der Waals surface area contributed by atoms with Gasteiger partial charge in [-0.15, -0.1) is 0 Å². The average Bonchev–Trinajstić information content (AvgIpc) is 2.44. The van der Waals surface area contributed by atoms with E-state index in [0.717, 1.165) is 18.6 Å². The van der Waals surface area contributed by atoms with E-state index in [1.54, 1.807) is 0 Å². The molecule has 0 saturated heterocycles. The predicted octanol–water partition coefficient (Wildman–Crippen LogP) is 4.91. The van der Waals surface area contributed by atoms with Crippen LogP contribution in [-0.4, -0.2) is 0 Å². The summed E-state index contributed by atoms with van der Waals surface area (Å²) >= 11 is 0. The second-order valence-electron chi connectivity index (χ2n) is 4.80. The standard InChI is InChI=1S/C16H13F5O/c1-2-3-9-4-13(19)16(14(20)5-9)22-8-10-6-11(17)15(21)12(18)7-10/h4-7H,2-3,8H2,1H3. The first-order valence-corrected chi connectivity index (χ1v) is 6.66. The minimum absolute atomic E-state index is 0.0761. The van der Waals surface area contributed by atoms with E-state index in [4.69, 9.17) is 4.74 Å². The van der Waals surface area contributed by atoms with Gasteiger partial charge in [0.2, 0.25) is 0 Å². The van der Waals surface area contributed by atoms with E-state index in [1.807, 2.05) is 6.92 Å². The minimum Gasteiger partial charge on any atom is -0.483 e. The van der Waals surface area contributed by atoms with Gasteiger partial charge in [-0.2, -0.15) is 0 Å². The number of ether oxygens (including phenoxy) is 1. The first kappa shape index (κ1) is 16.3. The fourth-order valence-corrected chi connectivity index (χ4v) is 2.03. The highest BCUT2D eigenvalue weighted by atomic mass is 19.2. The summed E-state index contributed by atoms with van der Waals surface area (Å²) in [6.07, 6.45) is 1.25. The van der Waals surface area contributed by atoms with Crippen LogP contribution in [-0.2, 0) is 13.0 Å². The Hall–Kier alpha value is -2.11. The molecule has 0 aliphatic rings. The molecule has 0 atom stereocenters. The van der Waals surface area contributed by atoms with E-state index >= 15 is 0 Å². The van der Waals surface area contributed by atoms with Crippen molar-refractivity contribution in [3.05, 3.63) is 64.5 Å². The van der Waals surface area contributed by atoms with Crippen LogP contribution in [0.2, 0.25) is 0 Å². The average molecular weight is 316 g/mol. The molecule has 0 spiro atoms. The Bertz CT molecular complexity index is 638. The van der Waals surface area contributed by atoms with Gasteiger partial charge in [0.1, 0.15) is 6.61 Å². The number of hydrogen-bond acceptors (Lipinski definition) is 1. The predicted molar refractivity (Wildman–Crippen MR) is 71.0 cm³/mol. The van der Waals surface area contributed by atoms with E-state index in [-0.39, 0.29) is 5.56 Å². The van der Waals surface area contributed by atoms with Crippen LogP contribution in [0.3, 0.4) is 0 Å². The maximum absolute atomic E-state index is 13.8. The second kappa shape index (κ2) is 6.77. The highest BCUT2D eigenvalue weighted by Gasteiger charge is 2.15. The third-order valence-electron chi connectivity index (χ3n) is 3.02. The fraction of sp³-hybridized carbons (Fsp3) is 0.250. The van der Waals surface area contributed by atoms with Crippen LogP contribution in [0, 0.1) is 29.1 Å². The Kier molecular flexibility index (Phi) is 5.00. The number of halogens is 5. The molecular formula is C16H13F5O. The quantitative estimate of drug-likeness (QED) is 0.562. The molecule has 0 amide bonds. The molecule has 0 heterocycles. The van der Waals surface area contributed by atoms with Gasteiger partial charge in [-0.3, -0.25) is 0 Å². The molecule has 0 saturated carbocycles. The van der Waals surface area contributed by atoms with Crippen LogP contribution >= 0.6 is 0 Å². The van der Waals surface area contributed by atoms with Gasteiger partial charge in [0.25, 0.3) is 0 Å². The topological polar surface area (TPSA) is 9.23 Å². The van der Waals surface area contributed by atoms with Crippen molar-refractivity contribution in [2.45, 2.75) is 26.4 Å². The third kappa shape index (κ3) is 3.55. The Balaban J connectivity index is 2.18. The monoisotopic (exact) mass is 316 g/mol. The van der Waals surface area contributed by atoms with Crippen molar-refractivity contribution in [1.82, 2.24) is 0 Å².